The summed E-state index contributed by atoms with van der Waals surface area (Å²) in [5, 5.41) is 13.3. The van der Waals surface area contributed by atoms with E-state index in [1.807, 2.05) is 18.2 Å². The molecule has 0 heterocycles. The van der Waals surface area contributed by atoms with Crippen molar-refractivity contribution in [3.63, 3.8) is 0 Å². The van der Waals surface area contributed by atoms with Crippen LogP contribution in [0.1, 0.15) is 50.6 Å². The third kappa shape index (κ3) is 3.47. The van der Waals surface area contributed by atoms with Crippen LogP contribution in [0.15, 0.2) is 24.3 Å². The fourth-order valence-electron chi connectivity index (χ4n) is 2.77. The fourth-order valence-corrected chi connectivity index (χ4v) is 2.77. The summed E-state index contributed by atoms with van der Waals surface area (Å²) in [7, 11) is 0. The van der Waals surface area contributed by atoms with Crippen molar-refractivity contribution in [1.29, 1.82) is 0 Å². The Labute approximate surface area is 104 Å². The van der Waals surface area contributed by atoms with Gasteiger partial charge < -0.3 is 10.4 Å². The summed E-state index contributed by atoms with van der Waals surface area (Å²) in [6.45, 7) is 3.17. The molecule has 1 aliphatic rings. The third-order valence-electron chi connectivity index (χ3n) is 3.88. The van der Waals surface area contributed by atoms with Crippen LogP contribution in [-0.2, 0) is 0 Å². The maximum Gasteiger partial charge on any atom is 0.120 e. The van der Waals surface area contributed by atoms with Crippen molar-refractivity contribution < 1.29 is 5.11 Å². The number of aromatic hydroxyl groups is 1. The van der Waals surface area contributed by atoms with Crippen LogP contribution in [0.2, 0.25) is 0 Å². The molecular formula is C15H23NO. The van der Waals surface area contributed by atoms with E-state index in [1.54, 1.807) is 6.07 Å². The summed E-state index contributed by atoms with van der Waals surface area (Å²) in [6.07, 6.45) is 6.93. The maximum absolute atomic E-state index is 9.75. The van der Waals surface area contributed by atoms with Crippen LogP contribution < -0.4 is 5.32 Å². The molecule has 1 atom stereocenters. The van der Waals surface area contributed by atoms with Gasteiger partial charge in [-0.25, -0.2) is 0 Å². The molecule has 0 aliphatic heterocycles. The van der Waals surface area contributed by atoms with Gasteiger partial charge in [0.25, 0.3) is 0 Å². The Morgan fingerprint density at radius 1 is 1.29 bits per heavy atom. The zero-order valence-electron chi connectivity index (χ0n) is 10.7. The van der Waals surface area contributed by atoms with Gasteiger partial charge in [0.2, 0.25) is 0 Å². The summed E-state index contributed by atoms with van der Waals surface area (Å²) < 4.78 is 0. The molecule has 1 aromatic carbocycles. The van der Waals surface area contributed by atoms with Crippen molar-refractivity contribution in [2.45, 2.75) is 45.1 Å². The number of hydrogen-bond donors (Lipinski definition) is 2. The first-order chi connectivity index (χ1) is 8.27. The molecule has 0 radical (unpaired) electrons. The average molecular weight is 233 g/mol. The fraction of sp³-hybridized carbons (Fsp3) is 0.600. The molecule has 0 saturated heterocycles. The lowest BCUT2D eigenvalue weighted by atomic mass is 10.0. The second-order valence-corrected chi connectivity index (χ2v) is 5.17. The van der Waals surface area contributed by atoms with Gasteiger partial charge in [0.15, 0.2) is 0 Å². The highest BCUT2D eigenvalue weighted by molar-refractivity contribution is 5.34. The van der Waals surface area contributed by atoms with Crippen molar-refractivity contribution in [3.05, 3.63) is 29.8 Å². The predicted octanol–water partition coefficient (Wildman–Crippen LogP) is 3.62. The Bertz CT molecular complexity index is 345. The van der Waals surface area contributed by atoms with E-state index in [0.29, 0.717) is 5.75 Å². The molecule has 0 amide bonds. The first kappa shape index (κ1) is 12.4. The highest BCUT2D eigenvalue weighted by atomic mass is 16.3. The quantitative estimate of drug-likeness (QED) is 0.814. The zero-order valence-corrected chi connectivity index (χ0v) is 10.7. The van der Waals surface area contributed by atoms with Crippen LogP contribution in [0, 0.1) is 5.92 Å². The monoisotopic (exact) mass is 233 g/mol. The van der Waals surface area contributed by atoms with Crippen molar-refractivity contribution in [3.8, 4) is 5.75 Å². The Morgan fingerprint density at radius 2 is 2.00 bits per heavy atom. The van der Waals surface area contributed by atoms with Gasteiger partial charge in [0, 0.05) is 11.6 Å². The van der Waals surface area contributed by atoms with Gasteiger partial charge in [-0.3, -0.25) is 0 Å². The maximum atomic E-state index is 9.75. The smallest absolute Gasteiger partial charge is 0.120 e. The molecule has 2 rings (SSSR count). The lowest BCUT2D eigenvalue weighted by Gasteiger charge is -2.17. The number of para-hydroxylation sites is 1. The molecule has 0 bridgehead atoms. The number of benzene rings is 1. The number of hydrogen-bond acceptors (Lipinski definition) is 2. The molecule has 17 heavy (non-hydrogen) atoms. The lowest BCUT2D eigenvalue weighted by molar-refractivity contribution is 0.433. The zero-order chi connectivity index (χ0) is 12.1. The van der Waals surface area contributed by atoms with Gasteiger partial charge in [-0.05, 0) is 31.9 Å². The largest absolute Gasteiger partial charge is 0.508 e. The molecule has 1 fully saturated rings. The summed E-state index contributed by atoms with van der Waals surface area (Å²) >= 11 is 0. The van der Waals surface area contributed by atoms with Crippen LogP contribution in [0.3, 0.4) is 0 Å². The molecule has 1 saturated carbocycles. The minimum absolute atomic E-state index is 0.234. The highest BCUT2D eigenvalue weighted by Crippen LogP contribution is 2.28. The van der Waals surface area contributed by atoms with Crippen LogP contribution in [0.5, 0.6) is 5.75 Å². The van der Waals surface area contributed by atoms with E-state index in [-0.39, 0.29) is 6.04 Å². The third-order valence-corrected chi connectivity index (χ3v) is 3.88. The minimum atomic E-state index is 0.234. The molecule has 94 valence electrons. The van der Waals surface area contributed by atoms with Gasteiger partial charge in [-0.1, -0.05) is 43.9 Å². The van der Waals surface area contributed by atoms with Crippen LogP contribution >= 0.6 is 0 Å². The topological polar surface area (TPSA) is 32.3 Å². The van der Waals surface area contributed by atoms with Gasteiger partial charge in [0.1, 0.15) is 5.75 Å². The second-order valence-electron chi connectivity index (χ2n) is 5.17. The molecule has 1 aromatic rings. The van der Waals surface area contributed by atoms with Gasteiger partial charge >= 0.3 is 0 Å². The summed E-state index contributed by atoms with van der Waals surface area (Å²) in [6, 6.07) is 7.82. The van der Waals surface area contributed by atoms with E-state index in [2.05, 4.69) is 12.2 Å². The average Bonchev–Trinajstić information content (AvgIpc) is 2.82. The van der Waals surface area contributed by atoms with E-state index in [0.717, 1.165) is 18.0 Å². The first-order valence-corrected chi connectivity index (χ1v) is 6.78. The van der Waals surface area contributed by atoms with Crippen LogP contribution in [0.4, 0.5) is 0 Å². The molecule has 2 N–H and O–H groups in total. The Balaban J connectivity index is 1.77. The number of phenolic OH excluding ortho intramolecular Hbond substituents is 1. The predicted molar refractivity (Wildman–Crippen MR) is 71.1 cm³/mol. The highest BCUT2D eigenvalue weighted by Gasteiger charge is 2.15. The summed E-state index contributed by atoms with van der Waals surface area (Å²) in [5.41, 5.74) is 0.999. The molecule has 1 unspecified atom stereocenters. The Hall–Kier alpha value is -1.02. The van der Waals surface area contributed by atoms with Gasteiger partial charge in [-0.2, -0.15) is 0 Å². The van der Waals surface area contributed by atoms with Crippen molar-refractivity contribution in [2.75, 3.05) is 6.54 Å². The van der Waals surface area contributed by atoms with Crippen LogP contribution in [-0.4, -0.2) is 11.7 Å². The molecule has 1 aliphatic carbocycles. The first-order valence-electron chi connectivity index (χ1n) is 6.78. The molecule has 2 nitrogen and oxygen atoms in total. The second kappa shape index (κ2) is 6.06. The van der Waals surface area contributed by atoms with Crippen molar-refractivity contribution in [2.24, 2.45) is 5.92 Å². The Kier molecular flexibility index (Phi) is 4.43. The van der Waals surface area contributed by atoms with Gasteiger partial charge in [-0.15, -0.1) is 0 Å². The number of phenols is 1. The van der Waals surface area contributed by atoms with Gasteiger partial charge in [0.05, 0.1) is 0 Å². The summed E-state index contributed by atoms with van der Waals surface area (Å²) in [4.78, 5) is 0. The molecular weight excluding hydrogens is 210 g/mol. The van der Waals surface area contributed by atoms with E-state index in [1.165, 1.54) is 32.1 Å². The van der Waals surface area contributed by atoms with E-state index in [4.69, 9.17) is 0 Å². The van der Waals surface area contributed by atoms with E-state index in [9.17, 15) is 5.11 Å². The number of nitrogens with one attached hydrogen (secondary N) is 1. The normalized spacial score (nSPS) is 18.4. The SMILES string of the molecule is CC(NCCC1CCCC1)c1ccccc1O. The van der Waals surface area contributed by atoms with Crippen LogP contribution in [0.25, 0.3) is 0 Å². The number of rotatable bonds is 5. The molecule has 2 heteroatoms. The molecule has 0 spiro atoms. The standard InChI is InChI=1S/C15H23NO/c1-12(14-8-4-5-9-15(14)17)16-11-10-13-6-2-3-7-13/h4-5,8-9,12-13,16-17H,2-3,6-7,10-11H2,1H3. The molecule has 0 aromatic heterocycles. The minimum Gasteiger partial charge on any atom is -0.508 e. The lowest BCUT2D eigenvalue weighted by Crippen LogP contribution is -2.21. The van der Waals surface area contributed by atoms with E-state index < -0.39 is 0 Å². The van der Waals surface area contributed by atoms with Crippen molar-refractivity contribution >= 4 is 0 Å². The Morgan fingerprint density at radius 3 is 2.71 bits per heavy atom. The van der Waals surface area contributed by atoms with E-state index >= 15 is 0 Å². The summed E-state index contributed by atoms with van der Waals surface area (Å²) in [5.74, 6) is 1.33. The van der Waals surface area contributed by atoms with Crippen molar-refractivity contribution in [1.82, 2.24) is 5.32 Å².